The van der Waals surface area contributed by atoms with Gasteiger partial charge in [-0.25, -0.2) is 0 Å². The van der Waals surface area contributed by atoms with E-state index in [1.165, 1.54) is 42.6 Å². The minimum atomic E-state index is 0. The molecule has 3 saturated heterocycles. The van der Waals surface area contributed by atoms with Crippen LogP contribution in [0.25, 0.3) is 0 Å². The number of piperidine rings is 3. The van der Waals surface area contributed by atoms with E-state index < -0.39 is 0 Å². The number of hydrogen-bond donors (Lipinski definition) is 0. The van der Waals surface area contributed by atoms with Crippen LogP contribution < -0.4 is 0 Å². The SMILES string of the molecule is Cl.c1ccc(Cc2ccccc2COC2CN3CCC2CC3)cc1. The smallest absolute Gasteiger partial charge is 0.0735 e. The van der Waals surface area contributed by atoms with Gasteiger partial charge in [0.25, 0.3) is 0 Å². The zero-order valence-corrected chi connectivity index (χ0v) is 14.9. The molecule has 0 amide bonds. The molecule has 1 atom stereocenters. The highest BCUT2D eigenvalue weighted by atomic mass is 35.5. The Balaban J connectivity index is 0.00000169. The van der Waals surface area contributed by atoms with Crippen molar-refractivity contribution in [3.63, 3.8) is 0 Å². The molecule has 0 aliphatic carbocycles. The summed E-state index contributed by atoms with van der Waals surface area (Å²) in [6, 6.07) is 19.4. The van der Waals surface area contributed by atoms with E-state index in [1.807, 2.05) is 0 Å². The van der Waals surface area contributed by atoms with Gasteiger partial charge in [-0.2, -0.15) is 0 Å². The van der Waals surface area contributed by atoms with Crippen LogP contribution in [0.1, 0.15) is 29.5 Å². The average molecular weight is 344 g/mol. The highest BCUT2D eigenvalue weighted by Gasteiger charge is 2.34. The van der Waals surface area contributed by atoms with Crippen molar-refractivity contribution in [3.05, 3.63) is 71.3 Å². The summed E-state index contributed by atoms with van der Waals surface area (Å²) in [6.07, 6.45) is 4.05. The summed E-state index contributed by atoms with van der Waals surface area (Å²) in [6.45, 7) is 4.42. The number of benzene rings is 2. The molecule has 2 nitrogen and oxygen atoms in total. The van der Waals surface area contributed by atoms with E-state index in [0.717, 1.165) is 25.5 Å². The normalized spacial score (nSPS) is 25.2. The van der Waals surface area contributed by atoms with E-state index in [4.69, 9.17) is 4.74 Å². The number of ether oxygens (including phenoxy) is 1. The Kier molecular flexibility index (Phi) is 5.94. The van der Waals surface area contributed by atoms with Crippen LogP contribution in [-0.2, 0) is 17.8 Å². The van der Waals surface area contributed by atoms with Crippen molar-refractivity contribution in [2.24, 2.45) is 5.92 Å². The topological polar surface area (TPSA) is 12.5 Å². The molecule has 3 heteroatoms. The Morgan fingerprint density at radius 1 is 0.875 bits per heavy atom. The Labute approximate surface area is 151 Å². The molecule has 24 heavy (non-hydrogen) atoms. The standard InChI is InChI=1S/C21H25NO.ClH/c1-2-6-17(7-3-1)14-19-8-4-5-9-20(19)16-23-21-15-22-12-10-18(21)11-13-22;/h1-9,18,21H,10-16H2;1H. The predicted octanol–water partition coefficient (Wildman–Crippen LogP) is 4.31. The Morgan fingerprint density at radius 3 is 2.21 bits per heavy atom. The van der Waals surface area contributed by atoms with Gasteiger partial charge in [-0.1, -0.05) is 54.6 Å². The van der Waals surface area contributed by atoms with Crippen molar-refractivity contribution in [1.82, 2.24) is 4.90 Å². The molecule has 1 unspecified atom stereocenters. The first-order chi connectivity index (χ1) is 11.4. The molecular formula is C21H26ClNO. The Morgan fingerprint density at radius 2 is 1.54 bits per heavy atom. The fraction of sp³-hybridized carbons (Fsp3) is 0.429. The van der Waals surface area contributed by atoms with Gasteiger partial charge in [0.05, 0.1) is 12.7 Å². The summed E-state index contributed by atoms with van der Waals surface area (Å²) in [5.74, 6) is 0.779. The van der Waals surface area contributed by atoms with Crippen LogP contribution >= 0.6 is 12.4 Å². The largest absolute Gasteiger partial charge is 0.372 e. The third kappa shape index (κ3) is 4.00. The third-order valence-corrected chi connectivity index (χ3v) is 5.40. The molecular weight excluding hydrogens is 318 g/mol. The van der Waals surface area contributed by atoms with Gasteiger partial charge >= 0.3 is 0 Å². The van der Waals surface area contributed by atoms with E-state index >= 15 is 0 Å². The van der Waals surface area contributed by atoms with Gasteiger partial charge in [0, 0.05) is 6.54 Å². The monoisotopic (exact) mass is 343 g/mol. The number of halogens is 1. The summed E-state index contributed by atoms with van der Waals surface area (Å²) in [7, 11) is 0. The van der Waals surface area contributed by atoms with Crippen LogP contribution in [0.5, 0.6) is 0 Å². The number of fused-ring (bicyclic) bond motifs is 3. The maximum atomic E-state index is 6.34. The van der Waals surface area contributed by atoms with Crippen LogP contribution in [0.15, 0.2) is 54.6 Å². The van der Waals surface area contributed by atoms with Crippen molar-refractivity contribution >= 4 is 12.4 Å². The lowest BCUT2D eigenvalue weighted by Gasteiger charge is -2.44. The third-order valence-electron chi connectivity index (χ3n) is 5.40. The first kappa shape index (κ1) is 17.5. The van der Waals surface area contributed by atoms with Crippen LogP contribution in [0, 0.1) is 5.92 Å². The fourth-order valence-corrected chi connectivity index (χ4v) is 3.98. The zero-order valence-electron chi connectivity index (χ0n) is 14.1. The van der Waals surface area contributed by atoms with Gasteiger partial charge < -0.3 is 9.64 Å². The first-order valence-electron chi connectivity index (χ1n) is 8.83. The van der Waals surface area contributed by atoms with E-state index in [0.29, 0.717) is 6.10 Å². The van der Waals surface area contributed by atoms with Crippen molar-refractivity contribution in [1.29, 1.82) is 0 Å². The molecule has 0 spiro atoms. The quantitative estimate of drug-likeness (QED) is 0.802. The maximum absolute atomic E-state index is 6.34. The summed E-state index contributed by atoms with van der Waals surface area (Å²) >= 11 is 0. The molecule has 2 aromatic carbocycles. The second-order valence-electron chi connectivity index (χ2n) is 6.92. The minimum absolute atomic E-state index is 0. The van der Waals surface area contributed by atoms with E-state index in [9.17, 15) is 0 Å². The van der Waals surface area contributed by atoms with Gasteiger partial charge in [0.2, 0.25) is 0 Å². The molecule has 128 valence electrons. The van der Waals surface area contributed by atoms with Crippen molar-refractivity contribution in [3.8, 4) is 0 Å². The summed E-state index contributed by atoms with van der Waals surface area (Å²) in [5, 5.41) is 0. The van der Waals surface area contributed by atoms with E-state index in [-0.39, 0.29) is 12.4 Å². The van der Waals surface area contributed by atoms with Gasteiger partial charge in [-0.15, -0.1) is 12.4 Å². The Hall–Kier alpha value is -1.35. The van der Waals surface area contributed by atoms with Crippen LogP contribution in [0.4, 0.5) is 0 Å². The second-order valence-corrected chi connectivity index (χ2v) is 6.92. The van der Waals surface area contributed by atoms with E-state index in [2.05, 4.69) is 59.5 Å². The highest BCUT2D eigenvalue weighted by molar-refractivity contribution is 5.85. The summed E-state index contributed by atoms with van der Waals surface area (Å²) < 4.78 is 6.34. The van der Waals surface area contributed by atoms with Crippen LogP contribution in [-0.4, -0.2) is 30.6 Å². The van der Waals surface area contributed by atoms with Gasteiger partial charge in [0.1, 0.15) is 0 Å². The molecule has 3 aliphatic rings. The fourth-order valence-electron chi connectivity index (χ4n) is 3.98. The predicted molar refractivity (Wildman–Crippen MR) is 101 cm³/mol. The maximum Gasteiger partial charge on any atom is 0.0735 e. The summed E-state index contributed by atoms with van der Waals surface area (Å²) in [4.78, 5) is 2.56. The lowest BCUT2D eigenvalue weighted by Crippen LogP contribution is -2.51. The molecule has 3 aliphatic heterocycles. The minimum Gasteiger partial charge on any atom is -0.372 e. The van der Waals surface area contributed by atoms with Crippen LogP contribution in [0.3, 0.4) is 0 Å². The Bertz CT molecular complexity index is 637. The van der Waals surface area contributed by atoms with Crippen molar-refractivity contribution in [2.45, 2.75) is 32.0 Å². The van der Waals surface area contributed by atoms with Gasteiger partial charge in [-0.05, 0) is 55.0 Å². The molecule has 2 bridgehead atoms. The lowest BCUT2D eigenvalue weighted by molar-refractivity contribution is -0.0767. The number of hydrogen-bond acceptors (Lipinski definition) is 2. The zero-order chi connectivity index (χ0) is 15.5. The molecule has 0 saturated carbocycles. The molecule has 0 aromatic heterocycles. The van der Waals surface area contributed by atoms with Gasteiger partial charge in [0.15, 0.2) is 0 Å². The highest BCUT2D eigenvalue weighted by Crippen LogP contribution is 2.30. The second kappa shape index (κ2) is 8.15. The number of nitrogens with zero attached hydrogens (tertiary/aromatic N) is 1. The van der Waals surface area contributed by atoms with Crippen LogP contribution in [0.2, 0.25) is 0 Å². The molecule has 3 fully saturated rings. The molecule has 2 aromatic rings. The molecule has 5 rings (SSSR count). The van der Waals surface area contributed by atoms with E-state index in [1.54, 1.807) is 0 Å². The average Bonchev–Trinajstić information content (AvgIpc) is 2.63. The number of rotatable bonds is 5. The lowest BCUT2D eigenvalue weighted by atomic mass is 9.86. The first-order valence-corrected chi connectivity index (χ1v) is 8.83. The van der Waals surface area contributed by atoms with Crippen molar-refractivity contribution in [2.75, 3.05) is 19.6 Å². The molecule has 3 heterocycles. The van der Waals surface area contributed by atoms with Gasteiger partial charge in [-0.3, -0.25) is 0 Å². The van der Waals surface area contributed by atoms with Crippen molar-refractivity contribution < 1.29 is 4.74 Å². The molecule has 0 radical (unpaired) electrons. The summed E-state index contributed by atoms with van der Waals surface area (Å²) in [5.41, 5.74) is 4.09. The molecule has 0 N–H and O–H groups in total.